The summed E-state index contributed by atoms with van der Waals surface area (Å²) in [6.07, 6.45) is 2.85. The number of halogens is 1. The third-order valence-electron chi connectivity index (χ3n) is 3.97. The van der Waals surface area contributed by atoms with Crippen LogP contribution in [0.4, 0.5) is 0 Å². The van der Waals surface area contributed by atoms with Crippen LogP contribution < -0.4 is 5.32 Å². The fraction of sp³-hybridized carbons (Fsp3) is 0.800. The summed E-state index contributed by atoms with van der Waals surface area (Å²) in [5.74, 6) is 0. The Morgan fingerprint density at radius 1 is 1.40 bits per heavy atom. The first-order valence-electron chi connectivity index (χ1n) is 7.42. The number of nitrogens with one attached hydrogen (secondary N) is 1. The highest BCUT2D eigenvalue weighted by atomic mass is 35.5. The molecule has 116 valence electrons. The number of likely N-dealkylation sites (N-methyl/N-ethyl adjacent to an activating group) is 1. The van der Waals surface area contributed by atoms with Crippen LogP contribution in [-0.2, 0) is 6.54 Å². The highest BCUT2D eigenvalue weighted by Crippen LogP contribution is 2.38. The molecule has 0 bridgehead atoms. The Kier molecular flexibility index (Phi) is 6.49. The van der Waals surface area contributed by atoms with E-state index < -0.39 is 0 Å². The molecule has 0 radical (unpaired) electrons. The van der Waals surface area contributed by atoms with E-state index in [-0.39, 0.29) is 11.5 Å². The van der Waals surface area contributed by atoms with Gasteiger partial charge in [0, 0.05) is 6.54 Å². The molecule has 1 rings (SSSR count). The molecule has 20 heavy (non-hydrogen) atoms. The SMILES string of the molecule is CCNC(c1c(Cl)cnn1CCN(C)C)C(C)(C)CC. The van der Waals surface area contributed by atoms with Gasteiger partial charge in [-0.15, -0.1) is 0 Å². The summed E-state index contributed by atoms with van der Waals surface area (Å²) in [6, 6.07) is 0.217. The predicted octanol–water partition coefficient (Wildman–Crippen LogP) is 3.18. The lowest BCUT2D eigenvalue weighted by Crippen LogP contribution is -2.36. The molecular weight excluding hydrogens is 272 g/mol. The van der Waals surface area contributed by atoms with Gasteiger partial charge in [0.1, 0.15) is 0 Å². The molecule has 4 nitrogen and oxygen atoms in total. The van der Waals surface area contributed by atoms with Gasteiger partial charge in [-0.3, -0.25) is 4.68 Å². The van der Waals surface area contributed by atoms with Gasteiger partial charge in [0.2, 0.25) is 0 Å². The number of hydrogen-bond acceptors (Lipinski definition) is 3. The van der Waals surface area contributed by atoms with E-state index in [1.54, 1.807) is 6.20 Å². The molecule has 0 aliphatic rings. The second-order valence-electron chi connectivity index (χ2n) is 6.24. The standard InChI is InChI=1S/C15H29ClN4/c1-7-15(3,4)14(17-8-2)13-12(16)11-18-20(13)10-9-19(5)6/h11,14,17H,7-10H2,1-6H3. The molecule has 0 amide bonds. The van der Waals surface area contributed by atoms with Gasteiger partial charge >= 0.3 is 0 Å². The Labute approximate surface area is 128 Å². The van der Waals surface area contributed by atoms with Crippen molar-refractivity contribution in [3.8, 4) is 0 Å². The summed E-state index contributed by atoms with van der Waals surface area (Å²) >= 11 is 6.42. The summed E-state index contributed by atoms with van der Waals surface area (Å²) < 4.78 is 2.05. The van der Waals surface area contributed by atoms with E-state index in [1.807, 2.05) is 4.68 Å². The fourth-order valence-corrected chi connectivity index (χ4v) is 2.53. The van der Waals surface area contributed by atoms with Crippen molar-refractivity contribution in [3.63, 3.8) is 0 Å². The van der Waals surface area contributed by atoms with Crippen LogP contribution in [0.2, 0.25) is 5.02 Å². The third kappa shape index (κ3) is 4.21. The Morgan fingerprint density at radius 2 is 2.05 bits per heavy atom. The van der Waals surface area contributed by atoms with Gasteiger partial charge in [-0.1, -0.05) is 39.3 Å². The summed E-state index contributed by atoms with van der Waals surface area (Å²) in [4.78, 5) is 2.16. The molecule has 0 saturated carbocycles. The van der Waals surface area contributed by atoms with Crippen molar-refractivity contribution in [1.82, 2.24) is 20.0 Å². The summed E-state index contributed by atoms with van der Waals surface area (Å²) in [6.45, 7) is 11.6. The number of nitrogens with zero attached hydrogens (tertiary/aromatic N) is 3. The minimum atomic E-state index is 0.134. The molecule has 1 heterocycles. The van der Waals surface area contributed by atoms with E-state index in [2.05, 4.69) is 57.1 Å². The van der Waals surface area contributed by atoms with Gasteiger partial charge in [0.25, 0.3) is 0 Å². The van der Waals surface area contributed by atoms with Crippen LogP contribution in [0, 0.1) is 5.41 Å². The molecule has 0 aliphatic carbocycles. The van der Waals surface area contributed by atoms with E-state index in [1.165, 1.54) is 0 Å². The topological polar surface area (TPSA) is 33.1 Å². The predicted molar refractivity (Wildman–Crippen MR) is 86.3 cm³/mol. The maximum atomic E-state index is 6.42. The van der Waals surface area contributed by atoms with Crippen LogP contribution in [0.1, 0.15) is 45.9 Å². The fourth-order valence-electron chi connectivity index (χ4n) is 2.28. The van der Waals surface area contributed by atoms with E-state index in [0.717, 1.165) is 36.8 Å². The zero-order valence-corrected chi connectivity index (χ0v) is 14.5. The maximum absolute atomic E-state index is 6.42. The molecule has 1 unspecified atom stereocenters. The van der Waals surface area contributed by atoms with Gasteiger partial charge in [-0.25, -0.2) is 0 Å². The third-order valence-corrected chi connectivity index (χ3v) is 4.26. The van der Waals surface area contributed by atoms with E-state index in [9.17, 15) is 0 Å². The first-order chi connectivity index (χ1) is 9.33. The molecule has 5 heteroatoms. The van der Waals surface area contributed by atoms with Crippen molar-refractivity contribution >= 4 is 11.6 Å². The average molecular weight is 301 g/mol. The average Bonchev–Trinajstić information content (AvgIpc) is 2.74. The van der Waals surface area contributed by atoms with E-state index >= 15 is 0 Å². The largest absolute Gasteiger partial charge is 0.308 e. The normalized spacial score (nSPS) is 14.0. The molecule has 0 saturated heterocycles. The smallest absolute Gasteiger partial charge is 0.0834 e. The Morgan fingerprint density at radius 3 is 2.55 bits per heavy atom. The molecular formula is C15H29ClN4. The van der Waals surface area contributed by atoms with E-state index in [0.29, 0.717) is 0 Å². The van der Waals surface area contributed by atoms with Gasteiger partial charge < -0.3 is 10.2 Å². The molecule has 1 aromatic heterocycles. The van der Waals surface area contributed by atoms with Crippen molar-refractivity contribution in [2.45, 2.75) is 46.7 Å². The van der Waals surface area contributed by atoms with Crippen LogP contribution in [0.15, 0.2) is 6.20 Å². The molecule has 0 aromatic carbocycles. The van der Waals surface area contributed by atoms with Crippen LogP contribution >= 0.6 is 11.6 Å². The van der Waals surface area contributed by atoms with Crippen molar-refractivity contribution in [2.24, 2.45) is 5.41 Å². The lowest BCUT2D eigenvalue weighted by molar-refractivity contribution is 0.223. The summed E-state index contributed by atoms with van der Waals surface area (Å²) in [5.41, 5.74) is 1.25. The number of rotatable bonds is 8. The lowest BCUT2D eigenvalue weighted by atomic mass is 9.80. The zero-order valence-electron chi connectivity index (χ0n) is 13.7. The first kappa shape index (κ1) is 17.5. The minimum Gasteiger partial charge on any atom is -0.308 e. The molecule has 1 N–H and O–H groups in total. The van der Waals surface area contributed by atoms with Gasteiger partial charge in [0.05, 0.1) is 29.5 Å². The minimum absolute atomic E-state index is 0.134. The Hall–Kier alpha value is -0.580. The molecule has 0 aliphatic heterocycles. The maximum Gasteiger partial charge on any atom is 0.0834 e. The molecule has 0 fully saturated rings. The van der Waals surface area contributed by atoms with Gasteiger partial charge in [-0.2, -0.15) is 5.10 Å². The quantitative estimate of drug-likeness (QED) is 0.800. The number of aromatic nitrogens is 2. The second-order valence-corrected chi connectivity index (χ2v) is 6.64. The van der Waals surface area contributed by atoms with Gasteiger partial charge in [-0.05, 0) is 32.5 Å². The van der Waals surface area contributed by atoms with Crippen molar-refractivity contribution in [3.05, 3.63) is 16.9 Å². The summed E-state index contributed by atoms with van der Waals surface area (Å²) in [5, 5.41) is 8.80. The van der Waals surface area contributed by atoms with Crippen LogP contribution in [0.3, 0.4) is 0 Å². The second kappa shape index (κ2) is 7.43. The summed E-state index contributed by atoms with van der Waals surface area (Å²) in [7, 11) is 4.14. The highest BCUT2D eigenvalue weighted by Gasteiger charge is 2.32. The molecule has 1 aromatic rings. The van der Waals surface area contributed by atoms with Crippen molar-refractivity contribution < 1.29 is 0 Å². The monoisotopic (exact) mass is 300 g/mol. The molecule has 1 atom stereocenters. The number of hydrogen-bond donors (Lipinski definition) is 1. The van der Waals surface area contributed by atoms with E-state index in [4.69, 9.17) is 11.6 Å². The van der Waals surface area contributed by atoms with Gasteiger partial charge in [0.15, 0.2) is 0 Å². The van der Waals surface area contributed by atoms with Crippen LogP contribution in [0.5, 0.6) is 0 Å². The lowest BCUT2D eigenvalue weighted by Gasteiger charge is -2.35. The molecule has 0 spiro atoms. The van der Waals surface area contributed by atoms with Crippen LogP contribution in [0.25, 0.3) is 0 Å². The zero-order chi connectivity index (χ0) is 15.3. The Bertz CT molecular complexity index is 412. The highest BCUT2D eigenvalue weighted by molar-refractivity contribution is 6.31. The van der Waals surface area contributed by atoms with Crippen molar-refractivity contribution in [1.29, 1.82) is 0 Å². The van der Waals surface area contributed by atoms with Crippen LogP contribution in [-0.4, -0.2) is 41.9 Å². The van der Waals surface area contributed by atoms with Crippen molar-refractivity contribution in [2.75, 3.05) is 27.2 Å². The first-order valence-corrected chi connectivity index (χ1v) is 7.80. The Balaban J connectivity index is 3.09.